The molecule has 6 heteroatoms. The van der Waals surface area contributed by atoms with Crippen molar-refractivity contribution in [1.29, 1.82) is 5.26 Å². The number of halogens is 1. The van der Waals surface area contributed by atoms with Crippen LogP contribution in [0, 0.1) is 17.2 Å². The molecular weight excluding hydrogens is 288 g/mol. The normalized spacial score (nSPS) is 19.4. The Hall–Kier alpha value is -1.87. The highest BCUT2D eigenvalue weighted by atomic mass is 35.5. The molecule has 2 N–H and O–H groups in total. The van der Waals surface area contributed by atoms with Gasteiger partial charge >= 0.3 is 0 Å². The molecule has 108 valence electrons. The fourth-order valence-electron chi connectivity index (χ4n) is 2.60. The van der Waals surface area contributed by atoms with Gasteiger partial charge in [0.25, 0.3) is 0 Å². The molecule has 2 aromatic rings. The number of nitrogens with zero attached hydrogens (tertiary/aromatic N) is 3. The Morgan fingerprint density at radius 2 is 2.38 bits per heavy atom. The van der Waals surface area contributed by atoms with Gasteiger partial charge in [0.05, 0.1) is 53.2 Å². The van der Waals surface area contributed by atoms with Gasteiger partial charge in [0.15, 0.2) is 0 Å². The Bertz CT molecular complexity index is 685. The highest BCUT2D eigenvalue weighted by Gasteiger charge is 2.26. The molecule has 0 radical (unpaired) electrons. The van der Waals surface area contributed by atoms with Gasteiger partial charge in [-0.15, -0.1) is 0 Å². The minimum absolute atomic E-state index is 0.151. The Balaban J connectivity index is 1.97. The highest BCUT2D eigenvalue weighted by Crippen LogP contribution is 2.30. The summed E-state index contributed by atoms with van der Waals surface area (Å²) in [5.74, 6) is 0.289. The van der Waals surface area contributed by atoms with E-state index in [0.717, 1.165) is 24.4 Å². The van der Waals surface area contributed by atoms with Crippen molar-refractivity contribution < 1.29 is 4.74 Å². The van der Waals surface area contributed by atoms with Crippen molar-refractivity contribution in [2.24, 2.45) is 11.7 Å². The Morgan fingerprint density at radius 1 is 1.52 bits per heavy atom. The first-order valence-electron chi connectivity index (χ1n) is 6.76. The zero-order valence-corrected chi connectivity index (χ0v) is 12.1. The van der Waals surface area contributed by atoms with E-state index in [-0.39, 0.29) is 12.0 Å². The van der Waals surface area contributed by atoms with Crippen LogP contribution in [0.2, 0.25) is 5.02 Å². The first kappa shape index (κ1) is 14.1. The summed E-state index contributed by atoms with van der Waals surface area (Å²) in [5.41, 5.74) is 8.56. The molecule has 5 nitrogen and oxygen atoms in total. The van der Waals surface area contributed by atoms with Crippen LogP contribution in [0.15, 0.2) is 30.7 Å². The zero-order valence-electron chi connectivity index (χ0n) is 11.4. The van der Waals surface area contributed by atoms with Crippen molar-refractivity contribution in [2.75, 3.05) is 13.2 Å². The third-order valence-corrected chi connectivity index (χ3v) is 4.12. The van der Waals surface area contributed by atoms with Crippen molar-refractivity contribution in [2.45, 2.75) is 12.5 Å². The van der Waals surface area contributed by atoms with Crippen LogP contribution < -0.4 is 5.73 Å². The predicted molar refractivity (Wildman–Crippen MR) is 79.1 cm³/mol. The van der Waals surface area contributed by atoms with Crippen LogP contribution in [0.25, 0.3) is 5.69 Å². The van der Waals surface area contributed by atoms with Crippen LogP contribution in [0.3, 0.4) is 0 Å². The molecule has 1 aromatic heterocycles. The minimum atomic E-state index is -0.151. The molecule has 0 spiro atoms. The molecule has 1 aliphatic rings. The summed E-state index contributed by atoms with van der Waals surface area (Å²) in [5, 5.41) is 9.41. The number of imidazole rings is 1. The Labute approximate surface area is 127 Å². The summed E-state index contributed by atoms with van der Waals surface area (Å²) in [6, 6.07) is 7.11. The molecule has 21 heavy (non-hydrogen) atoms. The molecule has 0 amide bonds. The van der Waals surface area contributed by atoms with Crippen LogP contribution in [0.4, 0.5) is 0 Å². The number of aromatic nitrogens is 2. The summed E-state index contributed by atoms with van der Waals surface area (Å²) in [6.45, 7) is 1.43. The fourth-order valence-corrected chi connectivity index (χ4v) is 2.87. The van der Waals surface area contributed by atoms with Gasteiger partial charge in [-0.05, 0) is 24.6 Å². The lowest BCUT2D eigenvalue weighted by molar-refractivity contribution is 0.180. The van der Waals surface area contributed by atoms with Crippen LogP contribution in [0.1, 0.15) is 23.7 Å². The second-order valence-corrected chi connectivity index (χ2v) is 5.52. The maximum atomic E-state index is 8.91. The summed E-state index contributed by atoms with van der Waals surface area (Å²) in [7, 11) is 0. The lowest BCUT2D eigenvalue weighted by Gasteiger charge is -2.20. The van der Waals surface area contributed by atoms with E-state index >= 15 is 0 Å². The number of nitrogens with two attached hydrogens (primary N) is 1. The van der Waals surface area contributed by atoms with Gasteiger partial charge in [-0.2, -0.15) is 5.26 Å². The van der Waals surface area contributed by atoms with Gasteiger partial charge in [-0.25, -0.2) is 4.98 Å². The Morgan fingerprint density at radius 3 is 3.05 bits per heavy atom. The average molecular weight is 303 g/mol. The molecule has 1 fully saturated rings. The largest absolute Gasteiger partial charge is 0.381 e. The van der Waals surface area contributed by atoms with Crippen molar-refractivity contribution in [1.82, 2.24) is 9.55 Å². The average Bonchev–Trinajstić information content (AvgIpc) is 3.17. The van der Waals surface area contributed by atoms with Crippen molar-refractivity contribution in [3.05, 3.63) is 47.0 Å². The monoisotopic (exact) mass is 302 g/mol. The second-order valence-electron chi connectivity index (χ2n) is 5.12. The SMILES string of the molecule is N#Cc1ccc(-n2cncc2C(N)C2CCOC2)c(Cl)c1. The lowest BCUT2D eigenvalue weighted by atomic mass is 9.97. The lowest BCUT2D eigenvalue weighted by Crippen LogP contribution is -2.24. The van der Waals surface area contributed by atoms with E-state index in [0.29, 0.717) is 17.2 Å². The van der Waals surface area contributed by atoms with E-state index in [1.807, 2.05) is 10.6 Å². The van der Waals surface area contributed by atoms with Crippen molar-refractivity contribution in [3.8, 4) is 11.8 Å². The van der Waals surface area contributed by atoms with E-state index < -0.39 is 0 Å². The maximum Gasteiger partial charge on any atom is 0.0995 e. The molecule has 0 bridgehead atoms. The van der Waals surface area contributed by atoms with Gasteiger partial charge in [-0.3, -0.25) is 0 Å². The molecule has 2 heterocycles. The van der Waals surface area contributed by atoms with E-state index in [2.05, 4.69) is 11.1 Å². The highest BCUT2D eigenvalue weighted by molar-refractivity contribution is 6.32. The fraction of sp³-hybridized carbons (Fsp3) is 0.333. The number of ether oxygens (including phenoxy) is 1. The van der Waals surface area contributed by atoms with Gasteiger partial charge in [0.2, 0.25) is 0 Å². The van der Waals surface area contributed by atoms with E-state index in [1.54, 1.807) is 24.7 Å². The van der Waals surface area contributed by atoms with Crippen LogP contribution >= 0.6 is 11.6 Å². The molecule has 2 atom stereocenters. The summed E-state index contributed by atoms with van der Waals surface area (Å²) in [6.07, 6.45) is 4.41. The first-order chi connectivity index (χ1) is 10.2. The maximum absolute atomic E-state index is 8.91. The summed E-state index contributed by atoms with van der Waals surface area (Å²) in [4.78, 5) is 4.19. The van der Waals surface area contributed by atoms with Crippen molar-refractivity contribution in [3.63, 3.8) is 0 Å². The summed E-state index contributed by atoms with van der Waals surface area (Å²) >= 11 is 6.27. The second kappa shape index (κ2) is 5.86. The molecular formula is C15H15ClN4O. The Kier molecular flexibility index (Phi) is 3.93. The van der Waals surface area contributed by atoms with E-state index in [4.69, 9.17) is 27.3 Å². The molecule has 1 aromatic carbocycles. The number of nitriles is 1. The molecule has 0 aliphatic carbocycles. The van der Waals surface area contributed by atoms with Gasteiger partial charge < -0.3 is 15.0 Å². The third kappa shape index (κ3) is 2.66. The predicted octanol–water partition coefficient (Wildman–Crippen LogP) is 2.43. The van der Waals surface area contributed by atoms with Gasteiger partial charge in [-0.1, -0.05) is 11.6 Å². The third-order valence-electron chi connectivity index (χ3n) is 3.82. The van der Waals surface area contributed by atoms with Crippen LogP contribution in [-0.2, 0) is 4.74 Å². The molecule has 0 saturated carbocycles. The molecule has 3 rings (SSSR count). The number of hydrogen-bond donors (Lipinski definition) is 1. The first-order valence-corrected chi connectivity index (χ1v) is 7.14. The topological polar surface area (TPSA) is 76.9 Å². The zero-order chi connectivity index (χ0) is 14.8. The molecule has 1 aliphatic heterocycles. The number of hydrogen-bond acceptors (Lipinski definition) is 4. The van der Waals surface area contributed by atoms with E-state index in [9.17, 15) is 0 Å². The minimum Gasteiger partial charge on any atom is -0.381 e. The van der Waals surface area contributed by atoms with Crippen molar-refractivity contribution >= 4 is 11.6 Å². The van der Waals surface area contributed by atoms with Gasteiger partial charge in [0.1, 0.15) is 0 Å². The molecule has 1 saturated heterocycles. The van der Waals surface area contributed by atoms with Crippen LogP contribution in [-0.4, -0.2) is 22.8 Å². The summed E-state index contributed by atoms with van der Waals surface area (Å²) < 4.78 is 7.29. The number of benzene rings is 1. The van der Waals surface area contributed by atoms with E-state index in [1.165, 1.54) is 0 Å². The quantitative estimate of drug-likeness (QED) is 0.944. The number of rotatable bonds is 3. The standard InChI is InChI=1S/C15H15ClN4O/c16-12-5-10(6-17)1-2-13(12)20-9-19-7-14(20)15(18)11-3-4-21-8-11/h1-2,5,7,9,11,15H,3-4,8,18H2. The van der Waals surface area contributed by atoms with Crippen LogP contribution in [0.5, 0.6) is 0 Å². The van der Waals surface area contributed by atoms with Gasteiger partial charge in [0, 0.05) is 12.5 Å². The molecule has 2 unspecified atom stereocenters. The smallest absolute Gasteiger partial charge is 0.0995 e.